The summed E-state index contributed by atoms with van der Waals surface area (Å²) in [4.78, 5) is 23.4. The largest absolute Gasteiger partial charge is 0.481 e. The lowest BCUT2D eigenvalue weighted by Gasteiger charge is -2.12. The number of hydrogen-bond donors (Lipinski definition) is 1. The monoisotopic (exact) mass is 518 g/mol. The fraction of sp³-hybridized carbons (Fsp3) is 0.280. The van der Waals surface area contributed by atoms with Crippen molar-refractivity contribution in [3.8, 4) is 23.0 Å². The Morgan fingerprint density at radius 3 is 2.57 bits per heavy atom. The van der Waals surface area contributed by atoms with E-state index in [0.29, 0.717) is 22.2 Å². The zero-order valence-corrected chi connectivity index (χ0v) is 20.0. The Labute approximate surface area is 208 Å². The van der Waals surface area contributed by atoms with Gasteiger partial charge in [0.05, 0.1) is 25.2 Å². The number of nitrogens with zero attached hydrogens (tertiary/aromatic N) is 4. The van der Waals surface area contributed by atoms with Crippen LogP contribution in [0.2, 0.25) is 0 Å². The number of carbonyl (C=O) groups is 1. The summed E-state index contributed by atoms with van der Waals surface area (Å²) in [5, 5.41) is 8.95. The average molecular weight is 518 g/mol. The molecule has 4 aromatic rings. The van der Waals surface area contributed by atoms with Crippen LogP contribution in [0.4, 0.5) is 17.6 Å². The predicted molar refractivity (Wildman–Crippen MR) is 125 cm³/mol. The van der Waals surface area contributed by atoms with Gasteiger partial charge in [-0.2, -0.15) is 18.2 Å². The van der Waals surface area contributed by atoms with Crippen LogP contribution in [-0.4, -0.2) is 37.7 Å². The zero-order chi connectivity index (χ0) is 26.9. The number of benzene rings is 1. The topological polar surface area (TPSA) is 99.4 Å². The molecule has 0 atom stereocenters. The minimum atomic E-state index is -4.68. The first-order valence-electron chi connectivity index (χ1n) is 11.1. The number of hydrogen-bond acceptors (Lipinski definition) is 6. The Hall–Kier alpha value is -4.22. The van der Waals surface area contributed by atoms with Crippen LogP contribution < -0.4 is 9.47 Å². The van der Waals surface area contributed by atoms with Gasteiger partial charge in [-0.25, -0.2) is 14.4 Å². The number of fused-ring (bicyclic) bond motifs is 1. The molecule has 0 unspecified atom stereocenters. The first kappa shape index (κ1) is 25.9. The third-order valence-corrected chi connectivity index (χ3v) is 5.59. The van der Waals surface area contributed by atoms with Crippen LogP contribution in [0.25, 0.3) is 22.2 Å². The fourth-order valence-electron chi connectivity index (χ4n) is 3.85. The van der Waals surface area contributed by atoms with Gasteiger partial charge in [-0.15, -0.1) is 0 Å². The molecule has 0 bridgehead atoms. The molecule has 0 aliphatic carbocycles. The maximum Gasteiger partial charge on any atom is 0.421 e. The molecule has 37 heavy (non-hydrogen) atoms. The summed E-state index contributed by atoms with van der Waals surface area (Å²) < 4.78 is 66.9. The van der Waals surface area contributed by atoms with E-state index in [1.54, 1.807) is 6.20 Å². The molecule has 0 fully saturated rings. The van der Waals surface area contributed by atoms with E-state index >= 15 is 0 Å². The average Bonchev–Trinajstić information content (AvgIpc) is 3.22. The van der Waals surface area contributed by atoms with E-state index in [4.69, 9.17) is 14.6 Å². The standard InChI is InChI=1S/C25H22F4N4O4/c1-13(2)33-11-17(16-7-18(25(27,28)29)23(36-3)30-9-16)22-20(33)10-31-24(32-22)37-12-14-4-5-19(26)15(6-14)8-21(34)35/h4-7,9-11,13H,8,12H2,1-3H3,(H,34,35). The molecule has 0 saturated carbocycles. The van der Waals surface area contributed by atoms with Crippen LogP contribution in [0.15, 0.2) is 42.9 Å². The predicted octanol–water partition coefficient (Wildman–Crippen LogP) is 5.45. The number of carboxylic acid groups (broad SMARTS) is 1. The number of alkyl halides is 3. The molecule has 8 nitrogen and oxygen atoms in total. The lowest BCUT2D eigenvalue weighted by Crippen LogP contribution is -2.09. The number of methoxy groups -OCH3 is 1. The zero-order valence-electron chi connectivity index (χ0n) is 20.0. The minimum absolute atomic E-state index is 0.00809. The summed E-state index contributed by atoms with van der Waals surface area (Å²) in [6.07, 6.45) is -0.704. The van der Waals surface area contributed by atoms with Crippen molar-refractivity contribution < 1.29 is 36.9 Å². The van der Waals surface area contributed by atoms with Gasteiger partial charge in [-0.3, -0.25) is 4.79 Å². The number of ether oxygens (including phenoxy) is 2. The van der Waals surface area contributed by atoms with Crippen LogP contribution in [-0.2, 0) is 24.0 Å². The quantitative estimate of drug-likeness (QED) is 0.310. The van der Waals surface area contributed by atoms with E-state index in [1.165, 1.54) is 24.5 Å². The lowest BCUT2D eigenvalue weighted by molar-refractivity contribution is -0.139. The Morgan fingerprint density at radius 1 is 1.16 bits per heavy atom. The van der Waals surface area contributed by atoms with Crippen molar-refractivity contribution in [3.63, 3.8) is 0 Å². The van der Waals surface area contributed by atoms with Gasteiger partial charge < -0.3 is 19.1 Å². The van der Waals surface area contributed by atoms with Crippen molar-refractivity contribution in [1.82, 2.24) is 19.5 Å². The van der Waals surface area contributed by atoms with Gasteiger partial charge in [0.1, 0.15) is 23.5 Å². The third kappa shape index (κ3) is 5.47. The molecule has 3 heterocycles. The number of carboxylic acids is 1. The molecule has 12 heteroatoms. The second kappa shape index (κ2) is 10.0. The van der Waals surface area contributed by atoms with Gasteiger partial charge in [0.2, 0.25) is 5.88 Å². The van der Waals surface area contributed by atoms with Crippen molar-refractivity contribution in [1.29, 1.82) is 0 Å². The van der Waals surface area contributed by atoms with Gasteiger partial charge in [-0.05, 0) is 43.2 Å². The van der Waals surface area contributed by atoms with Gasteiger partial charge in [0.25, 0.3) is 0 Å². The van der Waals surface area contributed by atoms with Crippen LogP contribution >= 0.6 is 0 Å². The van der Waals surface area contributed by atoms with Crippen LogP contribution in [0.1, 0.15) is 36.6 Å². The Bertz CT molecular complexity index is 1470. The molecule has 0 saturated heterocycles. The second-order valence-corrected chi connectivity index (χ2v) is 8.49. The first-order valence-corrected chi connectivity index (χ1v) is 11.1. The highest BCUT2D eigenvalue weighted by atomic mass is 19.4. The third-order valence-electron chi connectivity index (χ3n) is 5.59. The number of aromatic nitrogens is 4. The van der Waals surface area contributed by atoms with Crippen LogP contribution in [0, 0.1) is 5.82 Å². The van der Waals surface area contributed by atoms with Gasteiger partial charge >= 0.3 is 18.2 Å². The Morgan fingerprint density at radius 2 is 1.92 bits per heavy atom. The highest BCUT2D eigenvalue weighted by Crippen LogP contribution is 2.39. The molecular formula is C25H22F4N4O4. The molecule has 3 aromatic heterocycles. The van der Waals surface area contributed by atoms with Crippen molar-refractivity contribution in [2.45, 2.75) is 39.1 Å². The maximum atomic E-state index is 13.9. The normalized spacial score (nSPS) is 11.8. The minimum Gasteiger partial charge on any atom is -0.481 e. The highest BCUT2D eigenvalue weighted by molar-refractivity contribution is 5.93. The van der Waals surface area contributed by atoms with Crippen molar-refractivity contribution in [2.75, 3.05) is 7.11 Å². The van der Waals surface area contributed by atoms with Gasteiger partial charge in [0, 0.05) is 29.6 Å². The second-order valence-electron chi connectivity index (χ2n) is 8.49. The van der Waals surface area contributed by atoms with Crippen LogP contribution in [0.5, 0.6) is 11.9 Å². The Kier molecular flexibility index (Phi) is 7.01. The van der Waals surface area contributed by atoms with E-state index in [2.05, 4.69) is 15.0 Å². The van der Waals surface area contributed by atoms with E-state index in [0.717, 1.165) is 19.2 Å². The molecule has 194 valence electrons. The van der Waals surface area contributed by atoms with E-state index in [9.17, 15) is 22.4 Å². The van der Waals surface area contributed by atoms with Crippen molar-refractivity contribution in [2.24, 2.45) is 0 Å². The highest BCUT2D eigenvalue weighted by Gasteiger charge is 2.36. The summed E-state index contributed by atoms with van der Waals surface area (Å²) in [5.74, 6) is -2.35. The molecule has 4 rings (SSSR count). The number of aliphatic carboxylic acids is 1. The molecule has 0 spiro atoms. The lowest BCUT2D eigenvalue weighted by atomic mass is 10.1. The summed E-state index contributed by atoms with van der Waals surface area (Å²) in [7, 11) is 1.12. The Balaban J connectivity index is 1.72. The summed E-state index contributed by atoms with van der Waals surface area (Å²) in [6.45, 7) is 3.73. The molecular weight excluding hydrogens is 496 g/mol. The maximum absolute atomic E-state index is 13.9. The summed E-state index contributed by atoms with van der Waals surface area (Å²) in [6, 6.07) is 4.82. The first-order chi connectivity index (χ1) is 17.5. The van der Waals surface area contributed by atoms with E-state index < -0.39 is 35.8 Å². The van der Waals surface area contributed by atoms with Crippen molar-refractivity contribution >= 4 is 17.0 Å². The van der Waals surface area contributed by atoms with E-state index in [-0.39, 0.29) is 29.8 Å². The molecule has 0 aliphatic heterocycles. The van der Waals surface area contributed by atoms with E-state index in [1.807, 2.05) is 18.4 Å². The summed E-state index contributed by atoms with van der Waals surface area (Å²) >= 11 is 0. The molecule has 1 aromatic carbocycles. The van der Waals surface area contributed by atoms with Gasteiger partial charge in [-0.1, -0.05) is 6.07 Å². The van der Waals surface area contributed by atoms with Crippen LogP contribution in [0.3, 0.4) is 0 Å². The molecule has 0 amide bonds. The van der Waals surface area contributed by atoms with Gasteiger partial charge in [0.15, 0.2) is 0 Å². The number of rotatable bonds is 8. The fourth-order valence-corrected chi connectivity index (χ4v) is 3.85. The molecule has 0 aliphatic rings. The molecule has 0 radical (unpaired) electrons. The number of pyridine rings is 1. The molecule has 1 N–H and O–H groups in total. The summed E-state index contributed by atoms with van der Waals surface area (Å²) in [5.41, 5.74) is 0.985. The number of halogens is 4. The van der Waals surface area contributed by atoms with Crippen molar-refractivity contribution in [3.05, 3.63) is 65.4 Å². The smallest absolute Gasteiger partial charge is 0.421 e. The SMILES string of the molecule is COc1ncc(-c2cn(C(C)C)c3cnc(OCc4ccc(F)c(CC(=O)O)c4)nc23)cc1C(F)(F)F.